The van der Waals surface area contributed by atoms with Gasteiger partial charge in [-0.1, -0.05) is 18.2 Å². The summed E-state index contributed by atoms with van der Waals surface area (Å²) in [6.07, 6.45) is 5.15. The average Bonchev–Trinajstić information content (AvgIpc) is 3.17. The summed E-state index contributed by atoms with van der Waals surface area (Å²) < 4.78 is 0.961. The van der Waals surface area contributed by atoms with Gasteiger partial charge in [0.15, 0.2) is 5.01 Å². The van der Waals surface area contributed by atoms with Gasteiger partial charge in [0.2, 0.25) is 0 Å². The number of benzene rings is 1. The molecule has 1 aliphatic heterocycles. The van der Waals surface area contributed by atoms with Crippen molar-refractivity contribution in [3.63, 3.8) is 0 Å². The topological polar surface area (TPSA) is 75.2 Å². The molecule has 1 aliphatic rings. The highest BCUT2D eigenvalue weighted by molar-refractivity contribution is 7.20. The Morgan fingerprint density at radius 3 is 2.67 bits per heavy atom. The molecule has 2 amide bonds. The fourth-order valence-electron chi connectivity index (χ4n) is 3.29. The van der Waals surface area contributed by atoms with Gasteiger partial charge in [0.05, 0.1) is 10.9 Å². The first-order valence-electron chi connectivity index (χ1n) is 9.04. The minimum Gasteiger partial charge on any atom is -0.350 e. The van der Waals surface area contributed by atoms with Gasteiger partial charge in [-0.15, -0.1) is 11.3 Å². The van der Waals surface area contributed by atoms with Gasteiger partial charge >= 0.3 is 0 Å². The van der Waals surface area contributed by atoms with Crippen LogP contribution in [-0.4, -0.2) is 46.3 Å². The zero-order valence-corrected chi connectivity index (χ0v) is 15.6. The summed E-state index contributed by atoms with van der Waals surface area (Å²) in [4.78, 5) is 35.1. The van der Waals surface area contributed by atoms with Gasteiger partial charge in [-0.3, -0.25) is 14.6 Å². The molecule has 7 heteroatoms. The molecule has 1 fully saturated rings. The Balaban J connectivity index is 1.28. The lowest BCUT2D eigenvalue weighted by atomic mass is 9.96. The van der Waals surface area contributed by atoms with Crippen LogP contribution < -0.4 is 5.32 Å². The summed E-state index contributed by atoms with van der Waals surface area (Å²) in [5.41, 5.74) is 1.48. The number of hydrogen-bond acceptors (Lipinski definition) is 5. The van der Waals surface area contributed by atoms with Crippen LogP contribution in [0.25, 0.3) is 10.2 Å². The summed E-state index contributed by atoms with van der Waals surface area (Å²) in [7, 11) is 0. The first-order chi connectivity index (χ1) is 13.2. The Hall–Kier alpha value is -2.80. The second kappa shape index (κ2) is 7.84. The number of aromatic nitrogens is 2. The molecule has 3 aromatic rings. The van der Waals surface area contributed by atoms with Crippen LogP contribution in [0.15, 0.2) is 48.8 Å². The van der Waals surface area contributed by atoms with Crippen molar-refractivity contribution in [2.75, 3.05) is 19.6 Å². The molecule has 0 atom stereocenters. The highest BCUT2D eigenvalue weighted by atomic mass is 32.1. The van der Waals surface area contributed by atoms with E-state index < -0.39 is 0 Å². The molecule has 27 heavy (non-hydrogen) atoms. The van der Waals surface area contributed by atoms with E-state index in [1.165, 1.54) is 11.3 Å². The van der Waals surface area contributed by atoms with Gasteiger partial charge in [0.25, 0.3) is 11.8 Å². The molecule has 3 heterocycles. The monoisotopic (exact) mass is 380 g/mol. The van der Waals surface area contributed by atoms with Gasteiger partial charge in [-0.2, -0.15) is 0 Å². The molecule has 1 aromatic carbocycles. The first-order valence-corrected chi connectivity index (χ1v) is 9.85. The van der Waals surface area contributed by atoms with Gasteiger partial charge in [0.1, 0.15) is 5.52 Å². The van der Waals surface area contributed by atoms with Gasteiger partial charge < -0.3 is 10.2 Å². The lowest BCUT2D eigenvalue weighted by Crippen LogP contribution is -2.41. The predicted molar refractivity (Wildman–Crippen MR) is 105 cm³/mol. The molecule has 6 nitrogen and oxygen atoms in total. The van der Waals surface area contributed by atoms with Gasteiger partial charge in [-0.05, 0) is 37.0 Å². The van der Waals surface area contributed by atoms with Crippen LogP contribution in [0.2, 0.25) is 0 Å². The third-order valence-corrected chi connectivity index (χ3v) is 5.89. The van der Waals surface area contributed by atoms with E-state index in [9.17, 15) is 9.59 Å². The van der Waals surface area contributed by atoms with E-state index in [0.717, 1.165) is 41.7 Å². The van der Waals surface area contributed by atoms with Crippen molar-refractivity contribution >= 4 is 33.4 Å². The molecule has 0 unspecified atom stereocenters. The third kappa shape index (κ3) is 3.98. The smallest absolute Gasteiger partial charge is 0.280 e. The molecule has 4 rings (SSSR count). The van der Waals surface area contributed by atoms with Crippen molar-refractivity contribution < 1.29 is 9.59 Å². The maximum Gasteiger partial charge on any atom is 0.280 e. The number of carbonyl (C=O) groups excluding carboxylic acids is 2. The zero-order valence-electron chi connectivity index (χ0n) is 14.8. The summed E-state index contributed by atoms with van der Waals surface area (Å²) in [5.74, 6) is 0.324. The van der Waals surface area contributed by atoms with Gasteiger partial charge in [0, 0.05) is 31.4 Å². The van der Waals surface area contributed by atoms with Gasteiger partial charge in [-0.25, -0.2) is 4.98 Å². The highest BCUT2D eigenvalue weighted by Gasteiger charge is 2.24. The maximum atomic E-state index is 12.5. The quantitative estimate of drug-likeness (QED) is 0.755. The van der Waals surface area contributed by atoms with E-state index >= 15 is 0 Å². The maximum absolute atomic E-state index is 12.5. The molecule has 0 bridgehead atoms. The average molecular weight is 380 g/mol. The van der Waals surface area contributed by atoms with E-state index in [-0.39, 0.29) is 11.8 Å². The Kier molecular flexibility index (Phi) is 5.11. The second-order valence-corrected chi connectivity index (χ2v) is 7.70. The van der Waals surface area contributed by atoms with Crippen molar-refractivity contribution in [2.45, 2.75) is 12.8 Å². The molecule has 138 valence electrons. The molecule has 0 spiro atoms. The normalized spacial score (nSPS) is 15.0. The predicted octanol–water partition coefficient (Wildman–Crippen LogP) is 2.97. The van der Waals surface area contributed by atoms with E-state index in [0.29, 0.717) is 17.5 Å². The standard InChI is InChI=1S/C20H20N4O2S/c25-18(19-23-16-13-21-9-6-17(16)27-19)22-12-14-7-10-24(11-8-14)20(26)15-4-2-1-3-5-15/h1-6,9,13-14H,7-8,10-12H2,(H,22,25). The lowest BCUT2D eigenvalue weighted by Gasteiger charge is -2.32. The second-order valence-electron chi connectivity index (χ2n) is 6.67. The minimum atomic E-state index is -0.140. The molecule has 1 N–H and O–H groups in total. The first kappa shape index (κ1) is 17.6. The Morgan fingerprint density at radius 2 is 1.93 bits per heavy atom. The zero-order chi connectivity index (χ0) is 18.6. The van der Waals surface area contributed by atoms with Crippen LogP contribution in [0.3, 0.4) is 0 Å². The number of nitrogens with zero attached hydrogens (tertiary/aromatic N) is 3. The van der Waals surface area contributed by atoms with Crippen molar-refractivity contribution in [1.82, 2.24) is 20.2 Å². The minimum absolute atomic E-state index is 0.0844. The van der Waals surface area contributed by atoms with Crippen molar-refractivity contribution in [1.29, 1.82) is 0 Å². The van der Waals surface area contributed by atoms with Crippen molar-refractivity contribution in [3.05, 3.63) is 59.4 Å². The number of hydrogen-bond donors (Lipinski definition) is 1. The summed E-state index contributed by atoms with van der Waals surface area (Å²) in [6.45, 7) is 2.06. The number of rotatable bonds is 4. The number of amides is 2. The highest BCUT2D eigenvalue weighted by Crippen LogP contribution is 2.21. The molecular weight excluding hydrogens is 360 g/mol. The van der Waals surface area contributed by atoms with E-state index in [2.05, 4.69) is 15.3 Å². The number of nitrogens with one attached hydrogen (secondary N) is 1. The molecule has 0 aliphatic carbocycles. The molecule has 0 saturated carbocycles. The summed E-state index contributed by atoms with van der Waals surface area (Å²) in [6, 6.07) is 11.2. The van der Waals surface area contributed by atoms with Crippen LogP contribution in [0.4, 0.5) is 0 Å². The van der Waals surface area contributed by atoms with E-state index in [4.69, 9.17) is 0 Å². The van der Waals surface area contributed by atoms with E-state index in [1.807, 2.05) is 41.3 Å². The number of likely N-dealkylation sites (tertiary alicyclic amines) is 1. The van der Waals surface area contributed by atoms with Crippen molar-refractivity contribution in [2.24, 2.45) is 5.92 Å². The summed E-state index contributed by atoms with van der Waals surface area (Å²) >= 11 is 1.38. The van der Waals surface area contributed by atoms with Crippen LogP contribution in [0.1, 0.15) is 33.0 Å². The third-order valence-electron chi connectivity index (χ3n) is 4.86. The molecule has 0 radical (unpaired) electrons. The Bertz CT molecular complexity index is 916. The number of carbonyl (C=O) groups is 2. The largest absolute Gasteiger partial charge is 0.350 e. The number of pyridine rings is 1. The van der Waals surface area contributed by atoms with Crippen LogP contribution in [-0.2, 0) is 0 Å². The SMILES string of the molecule is O=C(NCC1CCN(C(=O)c2ccccc2)CC1)c1nc2cnccc2s1. The molecular formula is C20H20N4O2S. The van der Waals surface area contributed by atoms with E-state index in [1.54, 1.807) is 12.4 Å². The van der Waals surface area contributed by atoms with Crippen LogP contribution in [0.5, 0.6) is 0 Å². The number of thiazole rings is 1. The number of piperidine rings is 1. The van der Waals surface area contributed by atoms with Crippen LogP contribution >= 0.6 is 11.3 Å². The Morgan fingerprint density at radius 1 is 1.15 bits per heavy atom. The molecule has 1 saturated heterocycles. The Labute approximate surface area is 161 Å². The molecule has 2 aromatic heterocycles. The van der Waals surface area contributed by atoms with Crippen molar-refractivity contribution in [3.8, 4) is 0 Å². The lowest BCUT2D eigenvalue weighted by molar-refractivity contribution is 0.0684. The fraction of sp³-hybridized carbons (Fsp3) is 0.300. The summed E-state index contributed by atoms with van der Waals surface area (Å²) in [5, 5.41) is 3.46. The van der Waals surface area contributed by atoms with Crippen LogP contribution in [0, 0.1) is 5.92 Å². The fourth-order valence-corrected chi connectivity index (χ4v) is 4.14. The number of fused-ring (bicyclic) bond motifs is 1.